The molecule has 2 rings (SSSR count). The number of non-ortho nitro benzene ring substituents is 1. The van der Waals surface area contributed by atoms with Gasteiger partial charge in [-0.1, -0.05) is 13.3 Å². The Kier molecular flexibility index (Phi) is 7.90. The molecule has 0 saturated carbocycles. The molecule has 152 valence electrons. The first-order chi connectivity index (χ1) is 13.9. The lowest BCUT2D eigenvalue weighted by atomic mass is 10.1. The van der Waals surface area contributed by atoms with Crippen molar-refractivity contribution in [3.8, 4) is 5.75 Å². The molecule has 0 spiro atoms. The normalized spacial score (nSPS) is 10.9. The lowest BCUT2D eigenvalue weighted by Crippen LogP contribution is -2.28. The molecular weight excluding hydrogens is 376 g/mol. The molecule has 2 aromatic carbocycles. The molecule has 8 nitrogen and oxygen atoms in total. The molecule has 0 aliphatic rings. The topological polar surface area (TPSA) is 108 Å². The van der Waals surface area contributed by atoms with Crippen molar-refractivity contribution in [1.82, 2.24) is 5.32 Å². The number of nitrogens with zero attached hydrogens (tertiary/aromatic N) is 1. The van der Waals surface area contributed by atoms with E-state index in [1.54, 1.807) is 24.3 Å². The van der Waals surface area contributed by atoms with Crippen LogP contribution in [0.2, 0.25) is 0 Å². The first kappa shape index (κ1) is 21.6. The highest BCUT2D eigenvalue weighted by Gasteiger charge is 2.15. The van der Waals surface area contributed by atoms with Crippen LogP contribution in [0.3, 0.4) is 0 Å². The van der Waals surface area contributed by atoms with Gasteiger partial charge in [0.1, 0.15) is 11.4 Å². The van der Waals surface area contributed by atoms with Gasteiger partial charge in [0.2, 0.25) is 0 Å². The Labute approximate surface area is 168 Å². The lowest BCUT2D eigenvalue weighted by molar-refractivity contribution is -0.384. The van der Waals surface area contributed by atoms with Crippen LogP contribution in [-0.2, 0) is 9.53 Å². The number of esters is 1. The summed E-state index contributed by atoms with van der Waals surface area (Å²) in [4.78, 5) is 34.7. The van der Waals surface area contributed by atoms with Crippen molar-refractivity contribution in [3.63, 3.8) is 0 Å². The van der Waals surface area contributed by atoms with Crippen LogP contribution in [-0.4, -0.2) is 30.5 Å². The predicted molar refractivity (Wildman–Crippen MR) is 107 cm³/mol. The third-order valence-electron chi connectivity index (χ3n) is 3.95. The quantitative estimate of drug-likeness (QED) is 0.227. The Balaban J connectivity index is 2.14. The zero-order chi connectivity index (χ0) is 21.2. The number of nitro benzene ring substituents is 1. The van der Waals surface area contributed by atoms with Crippen molar-refractivity contribution >= 4 is 23.6 Å². The third kappa shape index (κ3) is 6.46. The van der Waals surface area contributed by atoms with Gasteiger partial charge in [-0.2, -0.15) is 0 Å². The maximum absolute atomic E-state index is 12.5. The van der Waals surface area contributed by atoms with Crippen LogP contribution in [0.1, 0.15) is 35.7 Å². The summed E-state index contributed by atoms with van der Waals surface area (Å²) in [6, 6.07) is 12.1. The molecule has 0 atom stereocenters. The Hall–Kier alpha value is -3.68. The van der Waals surface area contributed by atoms with E-state index in [-0.39, 0.29) is 11.4 Å². The molecule has 29 heavy (non-hydrogen) atoms. The molecule has 0 aliphatic heterocycles. The maximum Gasteiger partial charge on any atom is 0.354 e. The molecule has 0 unspecified atom stereocenters. The van der Waals surface area contributed by atoms with E-state index in [0.29, 0.717) is 23.5 Å². The van der Waals surface area contributed by atoms with E-state index < -0.39 is 16.8 Å². The van der Waals surface area contributed by atoms with Crippen molar-refractivity contribution in [2.45, 2.75) is 19.8 Å². The number of rotatable bonds is 9. The van der Waals surface area contributed by atoms with E-state index in [0.717, 1.165) is 12.8 Å². The van der Waals surface area contributed by atoms with E-state index in [4.69, 9.17) is 9.47 Å². The second-order valence-electron chi connectivity index (χ2n) is 6.08. The molecule has 1 amide bonds. The number of methoxy groups -OCH3 is 1. The molecule has 2 aromatic rings. The molecule has 0 saturated heterocycles. The van der Waals surface area contributed by atoms with Crippen molar-refractivity contribution in [1.29, 1.82) is 0 Å². The number of amides is 1. The standard InChI is InChI=1S/C21H22N2O6/c1-3-4-13-29-18-11-7-16(8-12-18)20(24)22-19(21(25)28-2)14-15-5-9-17(10-6-15)23(26)27/h5-12,14H,3-4,13H2,1-2H3,(H,22,24). The first-order valence-corrected chi connectivity index (χ1v) is 9.03. The minimum absolute atomic E-state index is 0.0768. The average Bonchev–Trinajstić information content (AvgIpc) is 2.73. The van der Waals surface area contributed by atoms with Crippen LogP contribution in [0.15, 0.2) is 54.2 Å². The second-order valence-corrected chi connectivity index (χ2v) is 6.08. The van der Waals surface area contributed by atoms with Crippen molar-refractivity contribution in [3.05, 3.63) is 75.5 Å². The summed E-state index contributed by atoms with van der Waals surface area (Å²) >= 11 is 0. The molecule has 0 aliphatic carbocycles. The summed E-state index contributed by atoms with van der Waals surface area (Å²) in [5.74, 6) is -0.579. The molecule has 0 bridgehead atoms. The third-order valence-corrected chi connectivity index (χ3v) is 3.95. The van der Waals surface area contributed by atoms with E-state index in [1.807, 2.05) is 0 Å². The number of nitrogens with one attached hydrogen (secondary N) is 1. The van der Waals surface area contributed by atoms with Gasteiger partial charge in [-0.05, 0) is 54.5 Å². The number of carbonyl (C=O) groups is 2. The van der Waals surface area contributed by atoms with Crippen molar-refractivity contribution in [2.75, 3.05) is 13.7 Å². The zero-order valence-corrected chi connectivity index (χ0v) is 16.2. The largest absolute Gasteiger partial charge is 0.494 e. The monoisotopic (exact) mass is 398 g/mol. The first-order valence-electron chi connectivity index (χ1n) is 9.03. The molecule has 0 radical (unpaired) electrons. The highest BCUT2D eigenvalue weighted by molar-refractivity contribution is 6.03. The van der Waals surface area contributed by atoms with E-state index in [1.165, 1.54) is 37.5 Å². The van der Waals surface area contributed by atoms with E-state index in [9.17, 15) is 19.7 Å². The van der Waals surface area contributed by atoms with Gasteiger partial charge in [-0.3, -0.25) is 14.9 Å². The molecule has 8 heteroatoms. The van der Waals surface area contributed by atoms with Gasteiger partial charge in [0.15, 0.2) is 0 Å². The van der Waals surface area contributed by atoms with Gasteiger partial charge in [0.25, 0.3) is 11.6 Å². The molecule has 0 aromatic heterocycles. The Morgan fingerprint density at radius 3 is 2.31 bits per heavy atom. The Morgan fingerprint density at radius 1 is 1.10 bits per heavy atom. The van der Waals surface area contributed by atoms with Crippen LogP contribution in [0.4, 0.5) is 5.69 Å². The van der Waals surface area contributed by atoms with Gasteiger partial charge in [0, 0.05) is 17.7 Å². The molecule has 1 N–H and O–H groups in total. The van der Waals surface area contributed by atoms with Gasteiger partial charge in [-0.15, -0.1) is 0 Å². The number of nitro groups is 1. The smallest absolute Gasteiger partial charge is 0.354 e. The maximum atomic E-state index is 12.5. The Bertz CT molecular complexity index is 888. The fourth-order valence-electron chi connectivity index (χ4n) is 2.35. The van der Waals surface area contributed by atoms with Crippen molar-refractivity contribution < 1.29 is 24.0 Å². The number of hydrogen-bond acceptors (Lipinski definition) is 6. The number of hydrogen-bond donors (Lipinski definition) is 1. The Morgan fingerprint density at radius 2 is 1.76 bits per heavy atom. The summed E-state index contributed by atoms with van der Waals surface area (Å²) in [6.45, 7) is 2.67. The summed E-state index contributed by atoms with van der Waals surface area (Å²) in [7, 11) is 1.20. The molecule has 0 heterocycles. The van der Waals surface area contributed by atoms with Crippen LogP contribution in [0, 0.1) is 10.1 Å². The predicted octanol–water partition coefficient (Wildman–Crippen LogP) is 3.72. The van der Waals surface area contributed by atoms with E-state index >= 15 is 0 Å². The zero-order valence-electron chi connectivity index (χ0n) is 16.2. The molecule has 0 fully saturated rings. The second kappa shape index (κ2) is 10.6. The van der Waals surface area contributed by atoms with Crippen molar-refractivity contribution in [2.24, 2.45) is 0 Å². The fraction of sp³-hybridized carbons (Fsp3) is 0.238. The summed E-state index contributed by atoms with van der Waals surface area (Å²) in [6.07, 6.45) is 3.35. The number of unbranched alkanes of at least 4 members (excludes halogenated alkanes) is 1. The van der Waals surface area contributed by atoms with Crippen LogP contribution in [0.5, 0.6) is 5.75 Å². The minimum atomic E-state index is -0.740. The lowest BCUT2D eigenvalue weighted by Gasteiger charge is -2.09. The summed E-state index contributed by atoms with van der Waals surface area (Å²) < 4.78 is 10.3. The minimum Gasteiger partial charge on any atom is -0.494 e. The number of carbonyl (C=O) groups excluding carboxylic acids is 2. The molecular formula is C21H22N2O6. The SMILES string of the molecule is CCCCOc1ccc(C(=O)NC(=Cc2ccc([N+](=O)[O-])cc2)C(=O)OC)cc1. The van der Waals surface area contributed by atoms with Crippen LogP contribution < -0.4 is 10.1 Å². The number of benzene rings is 2. The average molecular weight is 398 g/mol. The van der Waals surface area contributed by atoms with Gasteiger partial charge >= 0.3 is 5.97 Å². The summed E-state index contributed by atoms with van der Waals surface area (Å²) in [5, 5.41) is 13.3. The number of ether oxygens (including phenoxy) is 2. The van der Waals surface area contributed by atoms with Gasteiger partial charge in [0.05, 0.1) is 18.6 Å². The highest BCUT2D eigenvalue weighted by atomic mass is 16.6. The van der Waals surface area contributed by atoms with Gasteiger partial charge < -0.3 is 14.8 Å². The fourth-order valence-corrected chi connectivity index (χ4v) is 2.35. The van der Waals surface area contributed by atoms with Crippen LogP contribution >= 0.6 is 0 Å². The van der Waals surface area contributed by atoms with Crippen LogP contribution in [0.25, 0.3) is 6.08 Å². The van der Waals surface area contributed by atoms with Gasteiger partial charge in [-0.25, -0.2) is 4.79 Å². The highest BCUT2D eigenvalue weighted by Crippen LogP contribution is 2.16. The van der Waals surface area contributed by atoms with E-state index in [2.05, 4.69) is 12.2 Å². The summed E-state index contributed by atoms with van der Waals surface area (Å²) in [5.41, 5.74) is 0.670.